The highest BCUT2D eigenvalue weighted by molar-refractivity contribution is 4.99. The predicted octanol–water partition coefficient (Wildman–Crippen LogP) is 0.488. The van der Waals surface area contributed by atoms with E-state index in [0.29, 0.717) is 0 Å². The van der Waals surface area contributed by atoms with Crippen molar-refractivity contribution >= 4 is 0 Å². The van der Waals surface area contributed by atoms with E-state index >= 15 is 0 Å². The highest BCUT2D eigenvalue weighted by Crippen LogP contribution is 2.24. The second kappa shape index (κ2) is 3.18. The average molecular weight is 129 g/mol. The van der Waals surface area contributed by atoms with Gasteiger partial charge >= 0.3 is 0 Å². The molecule has 0 heterocycles. The summed E-state index contributed by atoms with van der Waals surface area (Å²) < 4.78 is 0. The van der Waals surface area contributed by atoms with Crippen molar-refractivity contribution in [3.8, 4) is 0 Å². The van der Waals surface area contributed by atoms with Crippen LogP contribution in [0.1, 0.15) is 25.7 Å². The van der Waals surface area contributed by atoms with E-state index in [9.17, 15) is 5.11 Å². The van der Waals surface area contributed by atoms with Gasteiger partial charge in [0.15, 0.2) is 0 Å². The topological polar surface area (TPSA) is 40.5 Å². The van der Waals surface area contributed by atoms with E-state index in [1.807, 2.05) is 0 Å². The number of aliphatic hydroxyl groups is 2. The second-order valence-electron chi connectivity index (χ2n) is 2.58. The van der Waals surface area contributed by atoms with E-state index in [4.69, 9.17) is 5.11 Å². The number of hydrogen-bond acceptors (Lipinski definition) is 2. The van der Waals surface area contributed by atoms with Crippen LogP contribution in [0.2, 0.25) is 0 Å². The van der Waals surface area contributed by atoms with Crippen molar-refractivity contribution in [1.29, 1.82) is 0 Å². The van der Waals surface area contributed by atoms with Gasteiger partial charge in [-0.1, -0.05) is 12.8 Å². The maximum Gasteiger partial charge on any atom is 0.0625 e. The molecule has 1 atom stereocenters. The average Bonchev–Trinajstić information content (AvgIpc) is 1.89. The zero-order valence-electron chi connectivity index (χ0n) is 5.51. The summed E-state index contributed by atoms with van der Waals surface area (Å²) in [5, 5.41) is 17.8. The fraction of sp³-hybridized carbons (Fsp3) is 0.857. The standard InChI is InChI=1S/C7H13O2/c8-5-6-3-1-2-4-7(6)9/h7-9H,1-5H2. The minimum absolute atomic E-state index is 0.0706. The summed E-state index contributed by atoms with van der Waals surface area (Å²) in [5.41, 5.74) is 0. The van der Waals surface area contributed by atoms with Gasteiger partial charge in [-0.3, -0.25) is 0 Å². The van der Waals surface area contributed by atoms with Gasteiger partial charge < -0.3 is 10.2 Å². The van der Waals surface area contributed by atoms with Gasteiger partial charge in [-0.2, -0.15) is 0 Å². The molecule has 0 aliphatic heterocycles. The van der Waals surface area contributed by atoms with E-state index in [0.717, 1.165) is 31.6 Å². The molecule has 2 heteroatoms. The maximum absolute atomic E-state index is 9.17. The van der Waals surface area contributed by atoms with Gasteiger partial charge in [0.2, 0.25) is 0 Å². The van der Waals surface area contributed by atoms with Gasteiger partial charge in [0.1, 0.15) is 0 Å². The monoisotopic (exact) mass is 129 g/mol. The molecule has 1 saturated carbocycles. The molecule has 0 bridgehead atoms. The zero-order chi connectivity index (χ0) is 6.69. The molecule has 2 N–H and O–H groups in total. The van der Waals surface area contributed by atoms with Crippen LogP contribution in [0.4, 0.5) is 0 Å². The van der Waals surface area contributed by atoms with E-state index < -0.39 is 0 Å². The third-order valence-electron chi connectivity index (χ3n) is 1.90. The van der Waals surface area contributed by atoms with Crippen molar-refractivity contribution in [2.75, 3.05) is 6.61 Å². The molecular formula is C7H13O2. The van der Waals surface area contributed by atoms with E-state index in [2.05, 4.69) is 0 Å². The smallest absolute Gasteiger partial charge is 0.0625 e. The van der Waals surface area contributed by atoms with Gasteiger partial charge in [0.05, 0.1) is 12.7 Å². The first-order valence-electron chi connectivity index (χ1n) is 3.48. The predicted molar refractivity (Wildman–Crippen MR) is 34.8 cm³/mol. The van der Waals surface area contributed by atoms with Crippen LogP contribution in [0.25, 0.3) is 0 Å². The summed E-state index contributed by atoms with van der Waals surface area (Å²) in [5.74, 6) is 0.918. The van der Waals surface area contributed by atoms with Crippen molar-refractivity contribution in [3.63, 3.8) is 0 Å². The molecule has 2 nitrogen and oxygen atoms in total. The normalized spacial score (nSPS) is 30.7. The second-order valence-corrected chi connectivity index (χ2v) is 2.58. The molecule has 1 fully saturated rings. The van der Waals surface area contributed by atoms with Crippen LogP contribution in [0.5, 0.6) is 0 Å². The largest absolute Gasteiger partial charge is 0.396 e. The molecule has 1 aliphatic carbocycles. The third-order valence-corrected chi connectivity index (χ3v) is 1.90. The van der Waals surface area contributed by atoms with E-state index in [-0.39, 0.29) is 12.7 Å². The minimum Gasteiger partial charge on any atom is -0.396 e. The molecule has 1 unspecified atom stereocenters. The van der Waals surface area contributed by atoms with Crippen molar-refractivity contribution in [3.05, 3.63) is 5.92 Å². The number of rotatable bonds is 1. The molecule has 1 aliphatic rings. The SMILES string of the molecule is OC[C]1CCCCC1O. The molecule has 1 rings (SSSR count). The summed E-state index contributed by atoms with van der Waals surface area (Å²) in [6.45, 7) is 0.0706. The van der Waals surface area contributed by atoms with Crippen molar-refractivity contribution in [2.24, 2.45) is 0 Å². The Morgan fingerprint density at radius 2 is 2.22 bits per heavy atom. The lowest BCUT2D eigenvalue weighted by Gasteiger charge is -2.24. The van der Waals surface area contributed by atoms with Crippen LogP contribution >= 0.6 is 0 Å². The Morgan fingerprint density at radius 1 is 1.44 bits per heavy atom. The van der Waals surface area contributed by atoms with Gasteiger partial charge in [0, 0.05) is 5.92 Å². The lowest BCUT2D eigenvalue weighted by atomic mass is 9.87. The summed E-state index contributed by atoms with van der Waals surface area (Å²) in [6, 6.07) is 0. The Morgan fingerprint density at radius 3 is 2.67 bits per heavy atom. The quantitative estimate of drug-likeness (QED) is 0.541. The molecule has 0 aromatic carbocycles. The Labute approximate surface area is 55.5 Å². The molecule has 0 aromatic heterocycles. The summed E-state index contributed by atoms with van der Waals surface area (Å²) >= 11 is 0. The van der Waals surface area contributed by atoms with Crippen LogP contribution in [0.3, 0.4) is 0 Å². The van der Waals surface area contributed by atoms with Crippen LogP contribution in [-0.4, -0.2) is 22.9 Å². The van der Waals surface area contributed by atoms with E-state index in [1.165, 1.54) is 0 Å². The molecule has 0 spiro atoms. The minimum atomic E-state index is -0.316. The summed E-state index contributed by atoms with van der Waals surface area (Å²) in [7, 11) is 0. The Hall–Kier alpha value is -0.0800. The van der Waals surface area contributed by atoms with Gasteiger partial charge in [-0.05, 0) is 12.8 Å². The number of hydrogen-bond donors (Lipinski definition) is 2. The molecule has 53 valence electrons. The van der Waals surface area contributed by atoms with Crippen LogP contribution in [0.15, 0.2) is 0 Å². The summed E-state index contributed by atoms with van der Waals surface area (Å²) in [6.07, 6.45) is 3.68. The Kier molecular flexibility index (Phi) is 2.49. The van der Waals surface area contributed by atoms with Crippen LogP contribution in [0, 0.1) is 5.92 Å². The van der Waals surface area contributed by atoms with E-state index in [1.54, 1.807) is 0 Å². The first kappa shape index (κ1) is 7.03. The van der Waals surface area contributed by atoms with Crippen LogP contribution < -0.4 is 0 Å². The zero-order valence-corrected chi connectivity index (χ0v) is 5.51. The van der Waals surface area contributed by atoms with Gasteiger partial charge in [-0.25, -0.2) is 0 Å². The first-order valence-corrected chi connectivity index (χ1v) is 3.48. The molecule has 0 saturated heterocycles. The van der Waals surface area contributed by atoms with Crippen LogP contribution in [-0.2, 0) is 0 Å². The highest BCUT2D eigenvalue weighted by atomic mass is 16.3. The molecule has 0 amide bonds. The molecule has 1 radical (unpaired) electrons. The maximum atomic E-state index is 9.17. The Balaban J connectivity index is 2.30. The third kappa shape index (κ3) is 1.66. The lowest BCUT2D eigenvalue weighted by molar-refractivity contribution is 0.123. The van der Waals surface area contributed by atoms with Crippen molar-refractivity contribution in [2.45, 2.75) is 31.8 Å². The molecule has 0 aromatic rings. The number of aliphatic hydroxyl groups excluding tert-OH is 2. The van der Waals surface area contributed by atoms with Crippen molar-refractivity contribution in [1.82, 2.24) is 0 Å². The Bertz CT molecular complexity index is 83.0. The fourth-order valence-electron chi connectivity index (χ4n) is 1.24. The van der Waals surface area contributed by atoms with Gasteiger partial charge in [-0.15, -0.1) is 0 Å². The molecular weight excluding hydrogens is 116 g/mol. The summed E-state index contributed by atoms with van der Waals surface area (Å²) in [4.78, 5) is 0. The molecule has 9 heavy (non-hydrogen) atoms. The van der Waals surface area contributed by atoms with Crippen molar-refractivity contribution < 1.29 is 10.2 Å². The first-order chi connectivity index (χ1) is 4.34. The highest BCUT2D eigenvalue weighted by Gasteiger charge is 2.22. The lowest BCUT2D eigenvalue weighted by Crippen LogP contribution is -2.24. The van der Waals surface area contributed by atoms with Gasteiger partial charge in [0.25, 0.3) is 0 Å². The fourth-order valence-corrected chi connectivity index (χ4v) is 1.24.